The van der Waals surface area contributed by atoms with E-state index in [0.29, 0.717) is 16.8 Å². The molecule has 0 fully saturated rings. The average Bonchev–Trinajstić information content (AvgIpc) is 2.99. The van der Waals surface area contributed by atoms with Crippen molar-refractivity contribution in [3.63, 3.8) is 0 Å². The summed E-state index contributed by atoms with van der Waals surface area (Å²) in [6.45, 7) is 4.31. The Labute approximate surface area is 254 Å². The highest BCUT2D eigenvalue weighted by Crippen LogP contribution is 2.24. The van der Waals surface area contributed by atoms with Crippen LogP contribution in [0.2, 0.25) is 0 Å². The Kier molecular flexibility index (Phi) is 13.9. The molecule has 0 aromatic heterocycles. The molecule has 15 heteroatoms. The number of hydrogen-bond donors (Lipinski definition) is 3. The summed E-state index contributed by atoms with van der Waals surface area (Å²) >= 11 is 0. The second kappa shape index (κ2) is 17.3. The molecule has 0 atom stereocenters. The van der Waals surface area contributed by atoms with Crippen LogP contribution in [0.5, 0.6) is 5.75 Å². The zero-order valence-corrected chi connectivity index (χ0v) is 24.0. The van der Waals surface area contributed by atoms with Gasteiger partial charge >= 0.3 is 12.3 Å². The Morgan fingerprint density at radius 2 is 1.53 bits per heavy atom. The van der Waals surface area contributed by atoms with E-state index in [1.807, 2.05) is 6.79 Å². The predicted octanol–water partition coefficient (Wildman–Crippen LogP) is 5.75. The van der Waals surface area contributed by atoms with Crippen LogP contribution in [0.1, 0.15) is 41.3 Å². The van der Waals surface area contributed by atoms with Crippen LogP contribution in [0.15, 0.2) is 65.8 Å². The van der Waals surface area contributed by atoms with Crippen molar-refractivity contribution >= 4 is 30.1 Å². The van der Waals surface area contributed by atoms with Gasteiger partial charge in [-0.1, -0.05) is 19.1 Å². The van der Waals surface area contributed by atoms with Gasteiger partial charge in [0, 0.05) is 29.9 Å². The van der Waals surface area contributed by atoms with Crippen LogP contribution in [0.4, 0.5) is 32.0 Å². The summed E-state index contributed by atoms with van der Waals surface area (Å²) in [6.07, 6.45) is -4.80. The number of nitrogens with one attached hydrogen (secondary N) is 2. The monoisotopic (exact) mass is 640 g/mol. The summed E-state index contributed by atoms with van der Waals surface area (Å²) in [5, 5.41) is 20.4. The third-order valence-corrected chi connectivity index (χ3v) is 5.91. The fourth-order valence-electron chi connectivity index (χ4n) is 3.85. The van der Waals surface area contributed by atoms with Crippen molar-refractivity contribution in [2.45, 2.75) is 32.7 Å². The molecule has 0 bridgehead atoms. The molecule has 242 valence electrons. The van der Waals surface area contributed by atoms with Gasteiger partial charge in [0.2, 0.25) is 0 Å². The van der Waals surface area contributed by atoms with E-state index in [9.17, 15) is 35.9 Å². The summed E-state index contributed by atoms with van der Waals surface area (Å²) in [5.41, 5.74) is 1.81. The maximum absolute atomic E-state index is 13.9. The molecule has 3 N–H and O–H groups in total. The van der Waals surface area contributed by atoms with Crippen LogP contribution in [0.25, 0.3) is 0 Å². The normalized spacial score (nSPS) is 11.2. The molecule has 45 heavy (non-hydrogen) atoms. The van der Waals surface area contributed by atoms with E-state index < -0.39 is 35.7 Å². The predicted molar refractivity (Wildman–Crippen MR) is 153 cm³/mol. The van der Waals surface area contributed by atoms with Gasteiger partial charge in [-0.05, 0) is 60.5 Å². The van der Waals surface area contributed by atoms with Crippen molar-refractivity contribution < 1.29 is 50.6 Å². The van der Waals surface area contributed by atoms with Gasteiger partial charge in [-0.25, -0.2) is 13.2 Å². The Hall–Kier alpha value is -5.08. The molecule has 0 radical (unpaired) electrons. The largest absolute Gasteiger partial charge is 0.573 e. The van der Waals surface area contributed by atoms with E-state index in [4.69, 9.17) is 9.90 Å². The number of aliphatic carboxylic acids is 1. The summed E-state index contributed by atoms with van der Waals surface area (Å²) in [5.74, 6) is -6.20. The van der Waals surface area contributed by atoms with Crippen molar-refractivity contribution in [2.24, 2.45) is 5.10 Å². The zero-order chi connectivity index (χ0) is 33.6. The molecule has 0 heterocycles. The molecule has 0 aliphatic heterocycles. The van der Waals surface area contributed by atoms with Crippen molar-refractivity contribution in [1.29, 1.82) is 0 Å². The lowest BCUT2D eigenvalue weighted by molar-refractivity contribution is -0.274. The summed E-state index contributed by atoms with van der Waals surface area (Å²) in [4.78, 5) is 30.9. The van der Waals surface area contributed by atoms with Crippen LogP contribution in [0, 0.1) is 17.5 Å². The molecular formula is C30H30F6N4O5. The quantitative estimate of drug-likeness (QED) is 0.0889. The number of carbonyl (C=O) groups is 3. The van der Waals surface area contributed by atoms with E-state index in [0.717, 1.165) is 24.3 Å². The minimum Gasteiger partial charge on any atom is -0.481 e. The summed E-state index contributed by atoms with van der Waals surface area (Å²) in [6, 6.07) is 13.2. The van der Waals surface area contributed by atoms with E-state index >= 15 is 0 Å². The lowest BCUT2D eigenvalue weighted by Crippen LogP contribution is -2.27. The first-order valence-corrected chi connectivity index (χ1v) is 13.3. The number of hydrazone groups is 1. The molecule has 3 aromatic carbocycles. The first-order chi connectivity index (χ1) is 21.3. The Bertz CT molecular complexity index is 1430. The number of carbonyl (C=O) groups excluding carboxylic acids is 2. The number of halogens is 6. The molecule has 0 saturated heterocycles. The van der Waals surface area contributed by atoms with Crippen molar-refractivity contribution in [3.05, 3.63) is 94.8 Å². The molecule has 0 spiro atoms. The second-order valence-corrected chi connectivity index (χ2v) is 9.14. The standard InChI is InChI=1S/C29H28F6N4O4.CH2O/c1-2-25(20-15-23(30)27(32)24(31)16-20)38-39(14-13-36-21-7-9-22(10-8-21)43-29(33,34)35)17-18-3-5-19(6-4-18)28(42)37-12-11-26(40)41;1-2/h3-10,15-16,36H,2,11-14,17H2,1H3,(H,37,42)(H,40,41);1H2/b38-25+;. The van der Waals surface area contributed by atoms with Crippen molar-refractivity contribution in [1.82, 2.24) is 10.3 Å². The Morgan fingerprint density at radius 1 is 0.933 bits per heavy atom. The van der Waals surface area contributed by atoms with E-state index in [1.165, 1.54) is 12.1 Å². The minimum atomic E-state index is -4.82. The van der Waals surface area contributed by atoms with E-state index in [-0.39, 0.29) is 56.0 Å². The maximum atomic E-state index is 13.9. The van der Waals surface area contributed by atoms with Gasteiger partial charge in [0.15, 0.2) is 17.5 Å². The molecule has 0 aliphatic carbocycles. The van der Waals surface area contributed by atoms with Crippen LogP contribution in [-0.2, 0) is 16.1 Å². The zero-order valence-electron chi connectivity index (χ0n) is 24.0. The molecule has 9 nitrogen and oxygen atoms in total. The first-order valence-electron chi connectivity index (χ1n) is 13.3. The number of rotatable bonds is 14. The number of ether oxygens (including phenoxy) is 1. The number of hydrogen-bond acceptors (Lipinski definition) is 7. The number of nitrogens with zero attached hydrogens (tertiary/aromatic N) is 2. The highest BCUT2D eigenvalue weighted by atomic mass is 19.4. The molecule has 0 saturated carbocycles. The van der Waals surface area contributed by atoms with E-state index in [2.05, 4.69) is 20.5 Å². The van der Waals surface area contributed by atoms with Gasteiger partial charge in [0.05, 0.1) is 25.2 Å². The average molecular weight is 641 g/mol. The number of alkyl halides is 3. The molecule has 0 aliphatic rings. The molecule has 1 amide bonds. The molecule has 3 aromatic rings. The van der Waals surface area contributed by atoms with Gasteiger partial charge in [-0.15, -0.1) is 13.2 Å². The number of anilines is 1. The van der Waals surface area contributed by atoms with Gasteiger partial charge in [-0.2, -0.15) is 5.10 Å². The van der Waals surface area contributed by atoms with Gasteiger partial charge < -0.3 is 25.3 Å². The smallest absolute Gasteiger partial charge is 0.481 e. The summed E-state index contributed by atoms with van der Waals surface area (Å²) in [7, 11) is 0. The van der Waals surface area contributed by atoms with Crippen LogP contribution >= 0.6 is 0 Å². The first kappa shape index (κ1) is 36.1. The van der Waals surface area contributed by atoms with Gasteiger partial charge in [0.1, 0.15) is 12.5 Å². The van der Waals surface area contributed by atoms with Gasteiger partial charge in [-0.3, -0.25) is 14.6 Å². The van der Waals surface area contributed by atoms with Crippen LogP contribution < -0.4 is 15.4 Å². The summed E-state index contributed by atoms with van der Waals surface area (Å²) < 4.78 is 82.5. The number of benzene rings is 3. The van der Waals surface area contributed by atoms with Gasteiger partial charge in [0.25, 0.3) is 5.91 Å². The number of carboxylic acids is 1. The lowest BCUT2D eigenvalue weighted by atomic mass is 10.1. The van der Waals surface area contributed by atoms with Crippen molar-refractivity contribution in [2.75, 3.05) is 25.0 Å². The number of amides is 1. The third-order valence-electron chi connectivity index (χ3n) is 5.91. The third kappa shape index (κ3) is 12.2. The lowest BCUT2D eigenvalue weighted by Gasteiger charge is -2.22. The Balaban J connectivity index is 0.00000345. The second-order valence-electron chi connectivity index (χ2n) is 9.14. The Morgan fingerprint density at radius 3 is 2.07 bits per heavy atom. The number of carboxylic acid groups (broad SMARTS) is 1. The van der Waals surface area contributed by atoms with Crippen LogP contribution in [-0.4, -0.2) is 60.5 Å². The molecule has 0 unspecified atom stereocenters. The van der Waals surface area contributed by atoms with E-state index in [1.54, 1.807) is 36.2 Å². The van der Waals surface area contributed by atoms with Crippen molar-refractivity contribution in [3.8, 4) is 5.75 Å². The fourth-order valence-corrected chi connectivity index (χ4v) is 3.85. The SMILES string of the molecule is C=O.CC/C(=N\N(CCNc1ccc(OC(F)(F)F)cc1)Cc1ccc(C(=O)NCCC(=O)O)cc1)c1cc(F)c(F)c(F)c1. The topological polar surface area (TPSA) is 120 Å². The minimum absolute atomic E-state index is 0.0339. The molecule has 3 rings (SSSR count). The highest BCUT2D eigenvalue weighted by molar-refractivity contribution is 6.00. The maximum Gasteiger partial charge on any atom is 0.573 e. The highest BCUT2D eigenvalue weighted by Gasteiger charge is 2.31. The molecular weight excluding hydrogens is 610 g/mol. The van der Waals surface area contributed by atoms with Crippen LogP contribution in [0.3, 0.4) is 0 Å². The fraction of sp³-hybridized carbons (Fsp3) is 0.267.